The van der Waals surface area contributed by atoms with Crippen LogP contribution in [0.4, 0.5) is 5.82 Å². The zero-order valence-corrected chi connectivity index (χ0v) is 16.3. The van der Waals surface area contributed by atoms with E-state index < -0.39 is 0 Å². The van der Waals surface area contributed by atoms with Crippen molar-refractivity contribution in [3.63, 3.8) is 0 Å². The smallest absolute Gasteiger partial charge is 0.168 e. The molecule has 8 heteroatoms. The van der Waals surface area contributed by atoms with Crippen molar-refractivity contribution >= 4 is 22.6 Å². The van der Waals surface area contributed by atoms with Gasteiger partial charge in [0, 0.05) is 32.3 Å². The van der Waals surface area contributed by atoms with Gasteiger partial charge in [-0.3, -0.25) is 9.48 Å². The molecule has 1 aliphatic rings. The van der Waals surface area contributed by atoms with Gasteiger partial charge in [0.2, 0.25) is 0 Å². The molecule has 1 atom stereocenters. The summed E-state index contributed by atoms with van der Waals surface area (Å²) < 4.78 is 3.59. The van der Waals surface area contributed by atoms with Crippen LogP contribution in [-0.2, 0) is 12.6 Å². The van der Waals surface area contributed by atoms with Gasteiger partial charge in [-0.15, -0.1) is 0 Å². The molecule has 0 bridgehead atoms. The first kappa shape index (κ1) is 17.6. The average molecular weight is 367 g/mol. The standard InChI is InChI=1S/C19H25N7O/c1-19(2,3)26-18-15(10-23-26)17(20-12-21-18)25-7-5-6-14(25)8-16(27)13-9-22-24(4)11-13/h9-12,14H,5-8H2,1-4H3/t14-/m0/s1. The number of carbonyl (C=O) groups is 1. The molecule has 3 aromatic rings. The van der Waals surface area contributed by atoms with Crippen LogP contribution in [0.3, 0.4) is 0 Å². The molecule has 1 saturated heterocycles. The summed E-state index contributed by atoms with van der Waals surface area (Å²) in [5.74, 6) is 0.993. The Bertz CT molecular complexity index is 982. The molecule has 0 saturated carbocycles. The summed E-state index contributed by atoms with van der Waals surface area (Å²) in [6.45, 7) is 7.20. The maximum Gasteiger partial charge on any atom is 0.168 e. The van der Waals surface area contributed by atoms with Gasteiger partial charge in [0.15, 0.2) is 11.4 Å². The van der Waals surface area contributed by atoms with Crippen molar-refractivity contribution in [1.82, 2.24) is 29.5 Å². The van der Waals surface area contributed by atoms with Gasteiger partial charge >= 0.3 is 0 Å². The van der Waals surface area contributed by atoms with Crippen LogP contribution in [0.2, 0.25) is 0 Å². The normalized spacial score (nSPS) is 17.8. The third kappa shape index (κ3) is 3.20. The number of nitrogens with zero attached hydrogens (tertiary/aromatic N) is 7. The monoisotopic (exact) mass is 367 g/mol. The highest BCUT2D eigenvalue weighted by atomic mass is 16.1. The lowest BCUT2D eigenvalue weighted by molar-refractivity contribution is 0.0974. The van der Waals surface area contributed by atoms with Gasteiger partial charge in [-0.05, 0) is 33.6 Å². The van der Waals surface area contributed by atoms with Gasteiger partial charge in [0.05, 0.1) is 28.9 Å². The minimum atomic E-state index is -0.159. The Labute approximate surface area is 158 Å². The van der Waals surface area contributed by atoms with E-state index in [9.17, 15) is 4.79 Å². The van der Waals surface area contributed by atoms with E-state index >= 15 is 0 Å². The molecule has 3 aromatic heterocycles. The van der Waals surface area contributed by atoms with Crippen LogP contribution in [0.1, 0.15) is 50.4 Å². The van der Waals surface area contributed by atoms with Crippen LogP contribution in [0.5, 0.6) is 0 Å². The molecule has 4 heterocycles. The molecule has 0 unspecified atom stereocenters. The first-order valence-corrected chi connectivity index (χ1v) is 9.32. The lowest BCUT2D eigenvalue weighted by atomic mass is 10.0. The molecular weight excluding hydrogens is 342 g/mol. The number of rotatable bonds is 4. The number of Topliss-reactive ketones (excluding diaryl/α,β-unsaturated/α-hetero) is 1. The summed E-state index contributed by atoms with van der Waals surface area (Å²) in [5.41, 5.74) is 1.34. The minimum Gasteiger partial charge on any atom is -0.352 e. The highest BCUT2D eigenvalue weighted by molar-refractivity contribution is 5.96. The predicted molar refractivity (Wildman–Crippen MR) is 103 cm³/mol. The average Bonchev–Trinajstić information content (AvgIpc) is 3.32. The number of fused-ring (bicyclic) bond motifs is 1. The van der Waals surface area contributed by atoms with E-state index in [0.717, 1.165) is 36.2 Å². The second-order valence-corrected chi connectivity index (χ2v) is 8.18. The maximum atomic E-state index is 12.7. The number of anilines is 1. The van der Waals surface area contributed by atoms with Gasteiger partial charge in [-0.2, -0.15) is 10.2 Å². The minimum absolute atomic E-state index is 0.121. The first-order valence-electron chi connectivity index (χ1n) is 9.32. The summed E-state index contributed by atoms with van der Waals surface area (Å²) in [6, 6.07) is 0.133. The van der Waals surface area contributed by atoms with Crippen LogP contribution in [0.25, 0.3) is 11.0 Å². The lowest BCUT2D eigenvalue weighted by Crippen LogP contribution is -2.32. The molecule has 0 aliphatic carbocycles. The molecule has 1 fully saturated rings. The molecule has 0 aromatic carbocycles. The second-order valence-electron chi connectivity index (χ2n) is 8.18. The molecule has 1 aliphatic heterocycles. The highest BCUT2D eigenvalue weighted by Gasteiger charge is 2.31. The zero-order valence-electron chi connectivity index (χ0n) is 16.3. The molecule has 142 valence electrons. The van der Waals surface area contributed by atoms with Crippen LogP contribution in [-0.4, -0.2) is 47.9 Å². The van der Waals surface area contributed by atoms with E-state index in [1.165, 1.54) is 0 Å². The van der Waals surface area contributed by atoms with Crippen molar-refractivity contribution in [3.05, 3.63) is 30.5 Å². The number of aromatic nitrogens is 6. The summed E-state index contributed by atoms with van der Waals surface area (Å²) in [5, 5.41) is 9.59. The molecular formula is C19H25N7O. The number of carbonyl (C=O) groups excluding carboxylic acids is 1. The van der Waals surface area contributed by atoms with Crippen LogP contribution < -0.4 is 4.90 Å². The Hall–Kier alpha value is -2.77. The van der Waals surface area contributed by atoms with Gasteiger partial charge in [-0.25, -0.2) is 14.6 Å². The zero-order chi connectivity index (χ0) is 19.2. The van der Waals surface area contributed by atoms with Crippen molar-refractivity contribution in [1.29, 1.82) is 0 Å². The largest absolute Gasteiger partial charge is 0.352 e. The quantitative estimate of drug-likeness (QED) is 0.659. The third-order valence-electron chi connectivity index (χ3n) is 5.08. The number of ketones is 1. The number of hydrogen-bond acceptors (Lipinski definition) is 6. The van der Waals surface area contributed by atoms with Gasteiger partial charge in [0.25, 0.3) is 0 Å². The fraction of sp³-hybridized carbons (Fsp3) is 0.526. The molecule has 27 heavy (non-hydrogen) atoms. The van der Waals surface area contributed by atoms with Crippen molar-refractivity contribution in [2.45, 2.75) is 51.6 Å². The number of aryl methyl sites for hydroxylation is 1. The summed E-state index contributed by atoms with van der Waals surface area (Å²) in [7, 11) is 1.82. The van der Waals surface area contributed by atoms with Crippen molar-refractivity contribution in [2.75, 3.05) is 11.4 Å². The van der Waals surface area contributed by atoms with E-state index in [4.69, 9.17) is 0 Å². The molecule has 0 radical (unpaired) electrons. The molecule has 4 rings (SSSR count). The Morgan fingerprint density at radius 2 is 2.04 bits per heavy atom. The van der Waals surface area contributed by atoms with Crippen molar-refractivity contribution in [3.8, 4) is 0 Å². The Balaban J connectivity index is 1.64. The van der Waals surface area contributed by atoms with E-state index in [1.54, 1.807) is 23.4 Å². The molecule has 0 spiro atoms. The Kier molecular flexibility index (Phi) is 4.20. The van der Waals surface area contributed by atoms with Crippen LogP contribution in [0, 0.1) is 0 Å². The Morgan fingerprint density at radius 1 is 1.22 bits per heavy atom. The summed E-state index contributed by atoms with van der Waals surface area (Å²) in [4.78, 5) is 23.9. The van der Waals surface area contributed by atoms with E-state index in [2.05, 4.69) is 45.8 Å². The molecule has 0 amide bonds. The van der Waals surface area contributed by atoms with Crippen molar-refractivity contribution < 1.29 is 4.79 Å². The highest BCUT2D eigenvalue weighted by Crippen LogP contribution is 2.32. The van der Waals surface area contributed by atoms with Crippen molar-refractivity contribution in [2.24, 2.45) is 7.05 Å². The fourth-order valence-corrected chi connectivity index (χ4v) is 3.78. The summed E-state index contributed by atoms with van der Waals surface area (Å²) >= 11 is 0. The molecule has 8 nitrogen and oxygen atoms in total. The maximum absolute atomic E-state index is 12.7. The van der Waals surface area contributed by atoms with Crippen LogP contribution in [0.15, 0.2) is 24.9 Å². The topological polar surface area (TPSA) is 81.7 Å². The third-order valence-corrected chi connectivity index (χ3v) is 5.08. The van der Waals surface area contributed by atoms with Gasteiger partial charge in [0.1, 0.15) is 12.1 Å². The predicted octanol–water partition coefficient (Wildman–Crippen LogP) is 2.56. The summed E-state index contributed by atoms with van der Waals surface area (Å²) in [6.07, 6.45) is 9.34. The van der Waals surface area contributed by atoms with Gasteiger partial charge in [-0.1, -0.05) is 0 Å². The Morgan fingerprint density at radius 3 is 2.74 bits per heavy atom. The SMILES string of the molecule is Cn1cc(C(=O)C[C@@H]2CCCN2c2ncnc3c2cnn3C(C)(C)C)cn1. The second kappa shape index (κ2) is 6.44. The fourth-order valence-electron chi connectivity index (χ4n) is 3.78. The van der Waals surface area contributed by atoms with E-state index in [-0.39, 0.29) is 17.4 Å². The first-order chi connectivity index (χ1) is 12.8. The van der Waals surface area contributed by atoms with Gasteiger partial charge < -0.3 is 4.90 Å². The van der Waals surface area contributed by atoms with Crippen LogP contribution >= 0.6 is 0 Å². The van der Waals surface area contributed by atoms with E-state index in [0.29, 0.717) is 12.0 Å². The molecule has 0 N–H and O–H groups in total. The van der Waals surface area contributed by atoms with E-state index in [1.807, 2.05) is 17.9 Å². The number of hydrogen-bond donors (Lipinski definition) is 0. The lowest BCUT2D eigenvalue weighted by Gasteiger charge is -2.26.